The molecule has 1 aliphatic carbocycles. The van der Waals surface area contributed by atoms with E-state index in [-0.39, 0.29) is 11.3 Å². The zero-order valence-corrected chi connectivity index (χ0v) is 21.4. The smallest absolute Gasteiger partial charge is 0.132 e. The number of aliphatic hydroxyl groups excluding tert-OH is 1. The van der Waals surface area contributed by atoms with Crippen LogP contribution in [-0.4, -0.2) is 29.1 Å². The molecule has 0 amide bonds. The molecule has 176 valence electrons. The van der Waals surface area contributed by atoms with Crippen molar-refractivity contribution in [2.24, 2.45) is 0 Å². The first-order chi connectivity index (χ1) is 14.9. The third kappa shape index (κ3) is 8.20. The van der Waals surface area contributed by atoms with Crippen LogP contribution in [0.1, 0.15) is 67.2 Å². The lowest BCUT2D eigenvalue weighted by Gasteiger charge is -2.30. The molecule has 3 nitrogen and oxygen atoms in total. The summed E-state index contributed by atoms with van der Waals surface area (Å²) in [6, 6.07) is 0. The van der Waals surface area contributed by atoms with Gasteiger partial charge < -0.3 is 15.3 Å². The van der Waals surface area contributed by atoms with Gasteiger partial charge in [-0.1, -0.05) is 69.4 Å². The summed E-state index contributed by atoms with van der Waals surface area (Å²) >= 11 is 0. The fraction of sp³-hybridized carbons (Fsp3) is 0.448. The topological polar surface area (TPSA) is 35.5 Å². The maximum atomic E-state index is 10.2. The molecule has 0 saturated heterocycles. The monoisotopic (exact) mass is 436 g/mol. The van der Waals surface area contributed by atoms with Gasteiger partial charge in [0.1, 0.15) is 5.76 Å². The quantitative estimate of drug-likeness (QED) is 0.243. The van der Waals surface area contributed by atoms with Crippen LogP contribution >= 0.6 is 0 Å². The summed E-state index contributed by atoms with van der Waals surface area (Å²) in [7, 11) is 1.91. The van der Waals surface area contributed by atoms with Gasteiger partial charge in [-0.15, -0.1) is 0 Å². The second kappa shape index (κ2) is 12.5. The van der Waals surface area contributed by atoms with E-state index in [4.69, 9.17) is 0 Å². The van der Waals surface area contributed by atoms with Crippen LogP contribution in [0.5, 0.6) is 0 Å². The number of rotatable bonds is 12. The largest absolute Gasteiger partial charge is 0.506 e. The van der Waals surface area contributed by atoms with E-state index in [1.165, 1.54) is 24.0 Å². The molecule has 0 aliphatic heterocycles. The lowest BCUT2D eigenvalue weighted by Crippen LogP contribution is -2.41. The molecule has 0 unspecified atom stereocenters. The fourth-order valence-electron chi connectivity index (χ4n) is 3.68. The van der Waals surface area contributed by atoms with Crippen molar-refractivity contribution >= 4 is 0 Å². The van der Waals surface area contributed by atoms with E-state index in [2.05, 4.69) is 71.0 Å². The van der Waals surface area contributed by atoms with Crippen LogP contribution < -0.4 is 5.32 Å². The van der Waals surface area contributed by atoms with Gasteiger partial charge in [-0.2, -0.15) is 0 Å². The predicted octanol–water partition coefficient (Wildman–Crippen LogP) is 7.67. The van der Waals surface area contributed by atoms with Gasteiger partial charge in [0.05, 0.1) is 5.70 Å². The van der Waals surface area contributed by atoms with Gasteiger partial charge >= 0.3 is 0 Å². The van der Waals surface area contributed by atoms with E-state index >= 15 is 0 Å². The van der Waals surface area contributed by atoms with E-state index in [0.29, 0.717) is 5.70 Å². The lowest BCUT2D eigenvalue weighted by molar-refractivity contribution is 0.378. The maximum absolute atomic E-state index is 10.2. The molecule has 0 heterocycles. The Kier molecular flexibility index (Phi) is 10.7. The molecule has 0 saturated carbocycles. The minimum atomic E-state index is -0.364. The number of hydrogen-bond acceptors (Lipinski definition) is 3. The van der Waals surface area contributed by atoms with Gasteiger partial charge in [0.2, 0.25) is 0 Å². The molecule has 0 aromatic rings. The van der Waals surface area contributed by atoms with Crippen LogP contribution in [0.2, 0.25) is 0 Å². The summed E-state index contributed by atoms with van der Waals surface area (Å²) in [5.41, 5.74) is 7.34. The molecule has 0 radical (unpaired) electrons. The van der Waals surface area contributed by atoms with Crippen molar-refractivity contribution < 1.29 is 5.11 Å². The summed E-state index contributed by atoms with van der Waals surface area (Å²) in [5, 5.41) is 13.9. The Morgan fingerprint density at radius 2 is 1.84 bits per heavy atom. The van der Waals surface area contributed by atoms with Crippen molar-refractivity contribution in [1.29, 1.82) is 0 Å². The number of aliphatic hydroxyl groups is 1. The Morgan fingerprint density at radius 1 is 1.19 bits per heavy atom. The van der Waals surface area contributed by atoms with Gasteiger partial charge in [0.25, 0.3) is 0 Å². The second-order valence-corrected chi connectivity index (χ2v) is 9.23. The van der Waals surface area contributed by atoms with Crippen molar-refractivity contribution in [3.05, 3.63) is 95.1 Å². The van der Waals surface area contributed by atoms with Crippen LogP contribution in [0.25, 0.3) is 0 Å². The molecular formula is C29H44N2O. The highest BCUT2D eigenvalue weighted by Gasteiger charge is 2.22. The standard InChI is InChI=1S/C29H44N2O/c1-11-14-27-16-13-15-25(19-26(27)12-2)20-30-29(8,9)22(5)18-28(24(7)32)31(10)23(6)17-21(3)4/h13,15,17-19,30,32H,3,5,7,11-12,14,16,20H2,1-2,4,6,8-10H3/b23-17-,28-18-. The van der Waals surface area contributed by atoms with Crippen LogP contribution in [0.4, 0.5) is 0 Å². The normalized spacial score (nSPS) is 15.4. The number of nitrogens with one attached hydrogen (secondary N) is 1. The maximum Gasteiger partial charge on any atom is 0.132 e. The molecule has 0 fully saturated rings. The molecule has 0 aromatic heterocycles. The van der Waals surface area contributed by atoms with Crippen LogP contribution in [0.3, 0.4) is 0 Å². The Morgan fingerprint density at radius 3 is 2.38 bits per heavy atom. The summed E-state index contributed by atoms with van der Waals surface area (Å²) in [4.78, 5) is 1.91. The third-order valence-corrected chi connectivity index (χ3v) is 5.93. The zero-order valence-electron chi connectivity index (χ0n) is 21.4. The highest BCUT2D eigenvalue weighted by Crippen LogP contribution is 2.26. The summed E-state index contributed by atoms with van der Waals surface area (Å²) in [5.74, 6) is 0.00880. The highest BCUT2D eigenvalue weighted by molar-refractivity contribution is 5.40. The molecular weight excluding hydrogens is 392 g/mol. The van der Waals surface area contributed by atoms with E-state index < -0.39 is 0 Å². The average Bonchev–Trinajstić information content (AvgIpc) is 2.91. The molecule has 2 N–H and O–H groups in total. The van der Waals surface area contributed by atoms with E-state index in [9.17, 15) is 5.11 Å². The fourth-order valence-corrected chi connectivity index (χ4v) is 3.68. The van der Waals surface area contributed by atoms with E-state index in [0.717, 1.165) is 36.2 Å². The third-order valence-electron chi connectivity index (χ3n) is 5.93. The van der Waals surface area contributed by atoms with Crippen molar-refractivity contribution in [2.75, 3.05) is 13.6 Å². The summed E-state index contributed by atoms with van der Waals surface area (Å²) in [6.07, 6.45) is 15.2. The zero-order chi connectivity index (χ0) is 24.5. The minimum Gasteiger partial charge on any atom is -0.506 e. The average molecular weight is 437 g/mol. The number of allylic oxidation sites excluding steroid dienone is 7. The molecule has 3 heteroatoms. The highest BCUT2D eigenvalue weighted by atomic mass is 16.3. The van der Waals surface area contributed by atoms with Gasteiger partial charge in [0, 0.05) is 24.8 Å². The Hall–Kier alpha value is -2.52. The van der Waals surface area contributed by atoms with Crippen LogP contribution in [-0.2, 0) is 0 Å². The van der Waals surface area contributed by atoms with Gasteiger partial charge in [-0.05, 0) is 75.8 Å². The number of hydrogen-bond donors (Lipinski definition) is 2. The molecule has 0 spiro atoms. The van der Waals surface area contributed by atoms with Crippen LogP contribution in [0.15, 0.2) is 95.1 Å². The Balaban J connectivity index is 3.06. The van der Waals surface area contributed by atoms with Gasteiger partial charge in [-0.3, -0.25) is 0 Å². The molecule has 0 aromatic carbocycles. The second-order valence-electron chi connectivity index (χ2n) is 9.23. The molecule has 32 heavy (non-hydrogen) atoms. The molecule has 1 rings (SSSR count). The SMILES string of the molecule is C=C(C)/C=C(/C)N(C)/C(=C\C(=C)C(C)(C)NCC1=CC(CC)=C(CCC)CC=C1)C(=C)O. The molecule has 1 aliphatic rings. The first-order valence-electron chi connectivity index (χ1n) is 11.6. The number of nitrogens with zero attached hydrogens (tertiary/aromatic N) is 1. The number of likely N-dealkylation sites (N-methyl/N-ethyl adjacent to an activating group) is 1. The van der Waals surface area contributed by atoms with E-state index in [1.54, 1.807) is 5.57 Å². The molecule has 0 atom stereocenters. The van der Waals surface area contributed by atoms with Crippen molar-refractivity contribution in [2.45, 2.75) is 72.8 Å². The van der Waals surface area contributed by atoms with Crippen LogP contribution in [0, 0.1) is 0 Å². The van der Waals surface area contributed by atoms with Gasteiger partial charge in [-0.25, -0.2) is 0 Å². The summed E-state index contributed by atoms with van der Waals surface area (Å²) in [6.45, 7) is 25.4. The van der Waals surface area contributed by atoms with Gasteiger partial charge in [0.15, 0.2) is 0 Å². The van der Waals surface area contributed by atoms with Crippen molar-refractivity contribution in [1.82, 2.24) is 10.2 Å². The molecule has 0 bridgehead atoms. The predicted molar refractivity (Wildman–Crippen MR) is 141 cm³/mol. The lowest BCUT2D eigenvalue weighted by atomic mass is 9.93. The van der Waals surface area contributed by atoms with Crippen molar-refractivity contribution in [3.63, 3.8) is 0 Å². The Labute approximate surface area is 197 Å². The first-order valence-corrected chi connectivity index (χ1v) is 11.6. The first kappa shape index (κ1) is 27.5. The van der Waals surface area contributed by atoms with Crippen molar-refractivity contribution in [3.8, 4) is 0 Å². The van der Waals surface area contributed by atoms with E-state index in [1.807, 2.05) is 37.9 Å². The minimum absolute atomic E-state index is 0.00880. The summed E-state index contributed by atoms with van der Waals surface area (Å²) < 4.78 is 0. The Bertz CT molecular complexity index is 875.